The van der Waals surface area contributed by atoms with E-state index in [0.717, 1.165) is 19.3 Å². The Kier molecular flexibility index (Phi) is 13.6. The number of esters is 1. The van der Waals surface area contributed by atoms with Gasteiger partial charge in [0.2, 0.25) is 0 Å². The van der Waals surface area contributed by atoms with Crippen molar-refractivity contribution in [2.75, 3.05) is 7.11 Å². The minimum atomic E-state index is -0.950. The molecule has 0 fully saturated rings. The number of carbonyl (C=O) groups excluding carboxylic acids is 1. The van der Waals surface area contributed by atoms with E-state index in [9.17, 15) is 15.0 Å². The second kappa shape index (κ2) is 16.3. The van der Waals surface area contributed by atoms with Crippen molar-refractivity contribution in [1.29, 1.82) is 0 Å². The SMILES string of the molecule is C=CC(O)C#CC#CC(/C=C\CCCCCCC)OC(=O)/C=C/c1ccc(O)c(OC)c1. The highest BCUT2D eigenvalue weighted by atomic mass is 16.5. The zero-order chi connectivity index (χ0) is 23.6. The average Bonchev–Trinajstić information content (AvgIpc) is 2.80. The van der Waals surface area contributed by atoms with Gasteiger partial charge in [-0.2, -0.15) is 0 Å². The normalized spacial score (nSPS) is 12.3. The Morgan fingerprint density at radius 3 is 2.66 bits per heavy atom. The Bertz CT molecular complexity index is 905. The topological polar surface area (TPSA) is 76.0 Å². The molecule has 0 amide bonds. The van der Waals surface area contributed by atoms with E-state index in [4.69, 9.17) is 9.47 Å². The van der Waals surface area contributed by atoms with Crippen LogP contribution in [0.1, 0.15) is 51.0 Å². The van der Waals surface area contributed by atoms with Crippen LogP contribution in [0.2, 0.25) is 0 Å². The molecule has 2 unspecified atom stereocenters. The maximum absolute atomic E-state index is 12.3. The molecule has 0 spiro atoms. The first-order valence-electron chi connectivity index (χ1n) is 10.7. The lowest BCUT2D eigenvalue weighted by Crippen LogP contribution is -2.12. The third-order valence-corrected chi connectivity index (χ3v) is 4.36. The van der Waals surface area contributed by atoms with Gasteiger partial charge in [0.1, 0.15) is 6.10 Å². The monoisotopic (exact) mass is 436 g/mol. The molecular weight excluding hydrogens is 404 g/mol. The lowest BCUT2D eigenvalue weighted by Gasteiger charge is -2.06. The van der Waals surface area contributed by atoms with Gasteiger partial charge in [-0.05, 0) is 60.5 Å². The smallest absolute Gasteiger partial charge is 0.332 e. The minimum Gasteiger partial charge on any atom is -0.504 e. The van der Waals surface area contributed by atoms with E-state index < -0.39 is 18.2 Å². The van der Waals surface area contributed by atoms with Gasteiger partial charge < -0.3 is 19.7 Å². The summed E-state index contributed by atoms with van der Waals surface area (Å²) in [7, 11) is 1.45. The quantitative estimate of drug-likeness (QED) is 0.162. The molecule has 32 heavy (non-hydrogen) atoms. The molecule has 1 aromatic rings. The van der Waals surface area contributed by atoms with Crippen molar-refractivity contribution < 1.29 is 24.5 Å². The molecule has 0 radical (unpaired) electrons. The van der Waals surface area contributed by atoms with Crippen LogP contribution in [0, 0.1) is 23.7 Å². The first-order valence-corrected chi connectivity index (χ1v) is 10.7. The van der Waals surface area contributed by atoms with Crippen LogP contribution < -0.4 is 4.74 Å². The molecule has 0 heterocycles. The summed E-state index contributed by atoms with van der Waals surface area (Å²) in [6.07, 6.45) is 12.9. The first-order chi connectivity index (χ1) is 15.5. The number of aliphatic hydroxyl groups excluding tert-OH is 1. The predicted molar refractivity (Wildman–Crippen MR) is 128 cm³/mol. The van der Waals surface area contributed by atoms with Crippen LogP contribution in [0.5, 0.6) is 11.5 Å². The minimum absolute atomic E-state index is 0.0186. The number of benzene rings is 1. The first kappa shape index (κ1) is 26.6. The molecule has 2 atom stereocenters. The van der Waals surface area contributed by atoms with Crippen LogP contribution in [-0.2, 0) is 9.53 Å². The number of phenols is 1. The molecule has 1 rings (SSSR count). The number of unbranched alkanes of at least 4 members (excludes halogenated alkanes) is 5. The summed E-state index contributed by atoms with van der Waals surface area (Å²) in [5, 5.41) is 19.0. The summed E-state index contributed by atoms with van der Waals surface area (Å²) >= 11 is 0. The Hall–Kier alpha value is -3.41. The Labute approximate surface area is 191 Å². The summed E-state index contributed by atoms with van der Waals surface area (Å²) in [6, 6.07) is 4.74. The molecule has 170 valence electrons. The van der Waals surface area contributed by atoms with Gasteiger partial charge in [0.25, 0.3) is 0 Å². The van der Waals surface area contributed by atoms with E-state index in [1.54, 1.807) is 24.3 Å². The molecule has 0 aliphatic heterocycles. The van der Waals surface area contributed by atoms with E-state index >= 15 is 0 Å². The Morgan fingerprint density at radius 2 is 1.94 bits per heavy atom. The second-order valence-electron chi connectivity index (χ2n) is 6.97. The van der Waals surface area contributed by atoms with Crippen molar-refractivity contribution in [3.63, 3.8) is 0 Å². The lowest BCUT2D eigenvalue weighted by atomic mass is 10.1. The molecule has 5 nitrogen and oxygen atoms in total. The lowest BCUT2D eigenvalue weighted by molar-refractivity contribution is -0.138. The average molecular weight is 437 g/mol. The van der Waals surface area contributed by atoms with Crippen LogP contribution in [0.4, 0.5) is 0 Å². The molecular formula is C27H32O5. The van der Waals surface area contributed by atoms with Crippen LogP contribution in [0.25, 0.3) is 6.08 Å². The summed E-state index contributed by atoms with van der Waals surface area (Å²) in [5.74, 6) is 10.2. The zero-order valence-electron chi connectivity index (χ0n) is 18.8. The highest BCUT2D eigenvalue weighted by Crippen LogP contribution is 2.26. The van der Waals surface area contributed by atoms with Crippen molar-refractivity contribution in [2.45, 2.75) is 57.7 Å². The second-order valence-corrected chi connectivity index (χ2v) is 6.97. The van der Waals surface area contributed by atoms with E-state index in [2.05, 4.69) is 37.2 Å². The van der Waals surface area contributed by atoms with Crippen LogP contribution >= 0.6 is 0 Å². The summed E-state index contributed by atoms with van der Waals surface area (Å²) in [4.78, 5) is 12.3. The number of ether oxygens (including phenoxy) is 2. The van der Waals surface area contributed by atoms with Crippen molar-refractivity contribution in [2.24, 2.45) is 0 Å². The van der Waals surface area contributed by atoms with Crippen LogP contribution in [0.15, 0.2) is 49.1 Å². The fourth-order valence-electron chi connectivity index (χ4n) is 2.61. The molecule has 0 bridgehead atoms. The molecule has 5 heteroatoms. The van der Waals surface area contributed by atoms with Crippen molar-refractivity contribution in [3.8, 4) is 35.2 Å². The summed E-state index contributed by atoms with van der Waals surface area (Å²) in [5.41, 5.74) is 0.672. The Balaban J connectivity index is 2.77. The molecule has 0 aliphatic rings. The third-order valence-electron chi connectivity index (χ3n) is 4.36. The molecule has 0 aliphatic carbocycles. The van der Waals surface area contributed by atoms with Crippen molar-refractivity contribution in [1.82, 2.24) is 0 Å². The van der Waals surface area contributed by atoms with Crippen molar-refractivity contribution >= 4 is 12.0 Å². The molecule has 1 aromatic carbocycles. The maximum Gasteiger partial charge on any atom is 0.332 e. The standard InChI is InChI=1S/C27H32O5/c1-4-6-7-8-9-10-11-15-24(16-13-12-14-23(28)5-2)32-27(30)20-18-22-17-19-25(29)26(21-22)31-3/h5,11,15,17-21,23-24,28-29H,2,4,6-10H2,1,3H3/b15-11-,20-18+. The number of hydrogen-bond donors (Lipinski definition) is 2. The van der Waals surface area contributed by atoms with Gasteiger partial charge in [-0.3, -0.25) is 0 Å². The van der Waals surface area contributed by atoms with Gasteiger partial charge in [-0.1, -0.05) is 63.3 Å². The molecule has 0 saturated carbocycles. The maximum atomic E-state index is 12.3. The number of carbonyl (C=O) groups is 1. The van der Waals surface area contributed by atoms with Gasteiger partial charge in [0, 0.05) is 6.08 Å². The van der Waals surface area contributed by atoms with E-state index in [1.165, 1.54) is 44.6 Å². The van der Waals surface area contributed by atoms with Gasteiger partial charge in [0.15, 0.2) is 17.6 Å². The Morgan fingerprint density at radius 1 is 1.19 bits per heavy atom. The van der Waals surface area contributed by atoms with Crippen molar-refractivity contribution in [3.05, 3.63) is 54.6 Å². The highest BCUT2D eigenvalue weighted by Gasteiger charge is 2.06. The van der Waals surface area contributed by atoms with Crippen LogP contribution in [0.3, 0.4) is 0 Å². The largest absolute Gasteiger partial charge is 0.504 e. The number of allylic oxidation sites excluding steroid dienone is 1. The summed E-state index contributed by atoms with van der Waals surface area (Å²) in [6.45, 7) is 5.62. The number of aliphatic hydroxyl groups is 1. The number of hydrogen-bond acceptors (Lipinski definition) is 5. The number of rotatable bonds is 12. The highest BCUT2D eigenvalue weighted by molar-refractivity contribution is 5.87. The number of aromatic hydroxyl groups is 1. The number of phenolic OH excluding ortho intramolecular Hbond substituents is 1. The molecule has 2 N–H and O–H groups in total. The zero-order valence-corrected chi connectivity index (χ0v) is 18.8. The van der Waals surface area contributed by atoms with E-state index in [0.29, 0.717) is 11.3 Å². The fourth-order valence-corrected chi connectivity index (χ4v) is 2.61. The van der Waals surface area contributed by atoms with E-state index in [1.807, 2.05) is 6.08 Å². The molecule has 0 saturated heterocycles. The van der Waals surface area contributed by atoms with Crippen LogP contribution in [-0.4, -0.2) is 35.5 Å². The van der Waals surface area contributed by atoms with Gasteiger partial charge in [-0.15, -0.1) is 0 Å². The third kappa shape index (κ3) is 11.7. The number of methoxy groups -OCH3 is 1. The summed E-state index contributed by atoms with van der Waals surface area (Å²) < 4.78 is 10.5. The predicted octanol–water partition coefficient (Wildman–Crippen LogP) is 4.80. The van der Waals surface area contributed by atoms with Gasteiger partial charge in [-0.25, -0.2) is 4.79 Å². The fraction of sp³-hybridized carbons (Fsp3) is 0.370. The molecule has 0 aromatic heterocycles. The van der Waals surface area contributed by atoms with Gasteiger partial charge >= 0.3 is 5.97 Å². The van der Waals surface area contributed by atoms with E-state index in [-0.39, 0.29) is 5.75 Å². The van der Waals surface area contributed by atoms with Gasteiger partial charge in [0.05, 0.1) is 7.11 Å².